The summed E-state index contributed by atoms with van der Waals surface area (Å²) in [6.07, 6.45) is 8.03. The van der Waals surface area contributed by atoms with E-state index in [0.717, 1.165) is 24.3 Å². The van der Waals surface area contributed by atoms with E-state index in [4.69, 9.17) is 0 Å². The van der Waals surface area contributed by atoms with Gasteiger partial charge in [0.15, 0.2) is 5.96 Å². The van der Waals surface area contributed by atoms with Crippen molar-refractivity contribution in [1.82, 2.24) is 15.1 Å². The molecule has 2 rings (SSSR count). The van der Waals surface area contributed by atoms with Gasteiger partial charge >= 0.3 is 0 Å². The maximum absolute atomic E-state index is 4.48. The van der Waals surface area contributed by atoms with E-state index in [1.165, 1.54) is 71.2 Å². The fraction of sp³-hybridized carbons (Fsp3) is 0.944. The summed E-state index contributed by atoms with van der Waals surface area (Å²) in [6, 6.07) is 0. The number of guanidine groups is 1. The zero-order chi connectivity index (χ0) is 15.8. The Bertz CT molecular complexity index is 334. The van der Waals surface area contributed by atoms with Gasteiger partial charge in [-0.1, -0.05) is 13.8 Å². The Hall–Kier alpha value is -0.770. The van der Waals surface area contributed by atoms with E-state index in [9.17, 15) is 0 Å². The molecule has 0 bridgehead atoms. The minimum absolute atomic E-state index is 0.811. The van der Waals surface area contributed by atoms with Crippen LogP contribution in [0.25, 0.3) is 0 Å². The van der Waals surface area contributed by atoms with Crippen LogP contribution in [0.2, 0.25) is 0 Å². The summed E-state index contributed by atoms with van der Waals surface area (Å²) < 4.78 is 0. The Labute approximate surface area is 137 Å². The molecule has 0 aliphatic carbocycles. The van der Waals surface area contributed by atoms with Crippen molar-refractivity contribution in [3.05, 3.63) is 0 Å². The van der Waals surface area contributed by atoms with E-state index in [0.29, 0.717) is 0 Å². The molecule has 1 N–H and O–H groups in total. The van der Waals surface area contributed by atoms with Gasteiger partial charge in [0.1, 0.15) is 0 Å². The van der Waals surface area contributed by atoms with Gasteiger partial charge in [-0.2, -0.15) is 0 Å². The van der Waals surface area contributed by atoms with Crippen molar-refractivity contribution in [2.75, 3.05) is 46.3 Å². The Morgan fingerprint density at radius 1 is 1.18 bits per heavy atom. The molecule has 0 saturated carbocycles. The summed E-state index contributed by atoms with van der Waals surface area (Å²) >= 11 is 0. The number of aliphatic imine (C=N–C) groups is 1. The summed E-state index contributed by atoms with van der Waals surface area (Å²) in [7, 11) is 1.92. The van der Waals surface area contributed by atoms with Crippen LogP contribution in [0.15, 0.2) is 4.99 Å². The summed E-state index contributed by atoms with van der Waals surface area (Å²) in [5.41, 5.74) is 0. The third-order valence-corrected chi connectivity index (χ3v) is 4.98. The van der Waals surface area contributed by atoms with Gasteiger partial charge in [-0.15, -0.1) is 0 Å². The van der Waals surface area contributed by atoms with Crippen LogP contribution >= 0.6 is 0 Å². The Kier molecular flexibility index (Phi) is 7.50. The van der Waals surface area contributed by atoms with E-state index in [2.05, 4.69) is 34.0 Å². The monoisotopic (exact) mass is 308 g/mol. The fourth-order valence-electron chi connectivity index (χ4n) is 3.88. The average Bonchev–Trinajstić information content (AvgIpc) is 3.14. The lowest BCUT2D eigenvalue weighted by molar-refractivity contribution is 0.329. The second-order valence-corrected chi connectivity index (χ2v) is 7.46. The number of hydrogen-bond donors (Lipinski definition) is 1. The lowest BCUT2D eigenvalue weighted by Gasteiger charge is -2.22. The molecule has 4 nitrogen and oxygen atoms in total. The van der Waals surface area contributed by atoms with E-state index < -0.39 is 0 Å². The first-order valence-electron chi connectivity index (χ1n) is 9.37. The van der Waals surface area contributed by atoms with Gasteiger partial charge in [0, 0.05) is 26.7 Å². The number of likely N-dealkylation sites (tertiary alicyclic amines) is 2. The third kappa shape index (κ3) is 5.79. The molecule has 2 heterocycles. The Morgan fingerprint density at radius 3 is 2.64 bits per heavy atom. The van der Waals surface area contributed by atoms with Crippen LogP contribution in [0.4, 0.5) is 0 Å². The summed E-state index contributed by atoms with van der Waals surface area (Å²) in [5, 5.41) is 3.57. The molecule has 0 spiro atoms. The van der Waals surface area contributed by atoms with Gasteiger partial charge in [-0.3, -0.25) is 4.99 Å². The molecule has 2 aliphatic rings. The largest absolute Gasteiger partial charge is 0.356 e. The van der Waals surface area contributed by atoms with Gasteiger partial charge in [-0.25, -0.2) is 0 Å². The summed E-state index contributed by atoms with van der Waals surface area (Å²) in [6.45, 7) is 12.0. The van der Waals surface area contributed by atoms with E-state index >= 15 is 0 Å². The summed E-state index contributed by atoms with van der Waals surface area (Å²) in [5.74, 6) is 2.78. The highest BCUT2D eigenvalue weighted by Gasteiger charge is 2.25. The first-order chi connectivity index (χ1) is 10.7. The maximum Gasteiger partial charge on any atom is 0.193 e. The first kappa shape index (κ1) is 17.6. The highest BCUT2D eigenvalue weighted by atomic mass is 15.3. The van der Waals surface area contributed by atoms with Crippen molar-refractivity contribution in [3.8, 4) is 0 Å². The van der Waals surface area contributed by atoms with E-state index in [1.54, 1.807) is 0 Å². The normalized spacial score (nSPS) is 23.7. The fourth-order valence-corrected chi connectivity index (χ4v) is 3.88. The van der Waals surface area contributed by atoms with Gasteiger partial charge in [0.05, 0.1) is 0 Å². The van der Waals surface area contributed by atoms with Crippen molar-refractivity contribution < 1.29 is 0 Å². The molecule has 1 unspecified atom stereocenters. The molecule has 2 aliphatic heterocycles. The van der Waals surface area contributed by atoms with Crippen LogP contribution in [-0.4, -0.2) is 62.1 Å². The molecular formula is C18H36N4. The SMILES string of the molecule is CN=C(NCCCCN1CCCC1)N1CCC(CC(C)C)C1. The topological polar surface area (TPSA) is 30.9 Å². The smallest absolute Gasteiger partial charge is 0.193 e. The number of nitrogens with zero attached hydrogens (tertiary/aromatic N) is 3. The van der Waals surface area contributed by atoms with Crippen LogP contribution in [-0.2, 0) is 0 Å². The lowest BCUT2D eigenvalue weighted by Crippen LogP contribution is -2.40. The molecule has 0 aromatic heterocycles. The predicted octanol–water partition coefficient (Wildman–Crippen LogP) is 2.81. The molecule has 2 fully saturated rings. The molecule has 0 amide bonds. The summed E-state index contributed by atoms with van der Waals surface area (Å²) in [4.78, 5) is 9.53. The van der Waals surface area contributed by atoms with Gasteiger partial charge < -0.3 is 15.1 Å². The highest BCUT2D eigenvalue weighted by Crippen LogP contribution is 2.23. The maximum atomic E-state index is 4.48. The average molecular weight is 309 g/mol. The molecule has 0 aromatic rings. The van der Waals surface area contributed by atoms with Crippen LogP contribution < -0.4 is 5.32 Å². The predicted molar refractivity (Wildman–Crippen MR) is 95.4 cm³/mol. The molecule has 2 saturated heterocycles. The second-order valence-electron chi connectivity index (χ2n) is 7.46. The number of hydrogen-bond acceptors (Lipinski definition) is 2. The van der Waals surface area contributed by atoms with Crippen molar-refractivity contribution in [2.45, 2.75) is 52.4 Å². The minimum Gasteiger partial charge on any atom is -0.356 e. The zero-order valence-electron chi connectivity index (χ0n) is 15.0. The molecule has 4 heteroatoms. The number of unbranched alkanes of at least 4 members (excludes halogenated alkanes) is 1. The first-order valence-corrected chi connectivity index (χ1v) is 9.37. The zero-order valence-corrected chi connectivity index (χ0v) is 15.0. The molecule has 1 atom stereocenters. The van der Waals surface area contributed by atoms with Crippen molar-refractivity contribution in [1.29, 1.82) is 0 Å². The quantitative estimate of drug-likeness (QED) is 0.446. The molecule has 22 heavy (non-hydrogen) atoms. The second kappa shape index (κ2) is 9.39. The van der Waals surface area contributed by atoms with E-state index in [-0.39, 0.29) is 0 Å². The standard InChI is InChI=1S/C18H36N4/c1-16(2)14-17-8-13-22(15-17)18(19-3)20-9-4-5-10-21-11-6-7-12-21/h16-17H,4-15H2,1-3H3,(H,19,20). The van der Waals surface area contributed by atoms with E-state index in [1.807, 2.05) is 7.05 Å². The number of nitrogens with one attached hydrogen (secondary N) is 1. The van der Waals surface area contributed by atoms with Crippen molar-refractivity contribution in [2.24, 2.45) is 16.8 Å². The van der Waals surface area contributed by atoms with Crippen molar-refractivity contribution >= 4 is 5.96 Å². The number of rotatable bonds is 7. The minimum atomic E-state index is 0.811. The molecule has 0 radical (unpaired) electrons. The van der Waals surface area contributed by atoms with Crippen LogP contribution in [0.1, 0.15) is 52.4 Å². The van der Waals surface area contributed by atoms with Gasteiger partial charge in [-0.05, 0) is 70.0 Å². The molecular weight excluding hydrogens is 272 g/mol. The Morgan fingerprint density at radius 2 is 1.95 bits per heavy atom. The molecule has 0 aromatic carbocycles. The van der Waals surface area contributed by atoms with Gasteiger partial charge in [0.2, 0.25) is 0 Å². The van der Waals surface area contributed by atoms with Crippen LogP contribution in [0.3, 0.4) is 0 Å². The van der Waals surface area contributed by atoms with Crippen molar-refractivity contribution in [3.63, 3.8) is 0 Å². The molecule has 128 valence electrons. The highest BCUT2D eigenvalue weighted by molar-refractivity contribution is 5.80. The Balaban J connectivity index is 1.59. The lowest BCUT2D eigenvalue weighted by atomic mass is 9.97. The van der Waals surface area contributed by atoms with Crippen LogP contribution in [0.5, 0.6) is 0 Å². The van der Waals surface area contributed by atoms with Gasteiger partial charge in [0.25, 0.3) is 0 Å². The van der Waals surface area contributed by atoms with Crippen LogP contribution in [0, 0.1) is 11.8 Å². The third-order valence-electron chi connectivity index (χ3n) is 4.98.